The van der Waals surface area contributed by atoms with Crippen molar-refractivity contribution in [3.63, 3.8) is 0 Å². The molecule has 1 N–H and O–H groups in total. The van der Waals surface area contributed by atoms with Crippen LogP contribution in [-0.4, -0.2) is 32.0 Å². The smallest absolute Gasteiger partial charge is 0.147 e. The first-order valence-electron chi connectivity index (χ1n) is 4.78. The van der Waals surface area contributed by atoms with Crippen LogP contribution in [0.3, 0.4) is 0 Å². The molecule has 0 bridgehead atoms. The zero-order valence-corrected chi connectivity index (χ0v) is 10.6. The van der Waals surface area contributed by atoms with Gasteiger partial charge in [0, 0.05) is 23.4 Å². The van der Waals surface area contributed by atoms with E-state index in [9.17, 15) is 8.42 Å². The molecule has 0 aliphatic rings. The summed E-state index contributed by atoms with van der Waals surface area (Å²) in [5, 5.41) is 3.26. The molecule has 0 saturated heterocycles. The van der Waals surface area contributed by atoms with E-state index in [2.05, 4.69) is 10.3 Å². The van der Waals surface area contributed by atoms with Crippen molar-refractivity contribution in [1.29, 1.82) is 0 Å². The minimum atomic E-state index is -2.83. The maximum absolute atomic E-state index is 10.9. The molecule has 1 atom stereocenters. The summed E-state index contributed by atoms with van der Waals surface area (Å²) in [6, 6.07) is 0.247. The van der Waals surface area contributed by atoms with Crippen LogP contribution in [0, 0.1) is 0 Å². The highest BCUT2D eigenvalue weighted by Gasteiger charge is 2.06. The molecule has 0 aromatic carbocycles. The van der Waals surface area contributed by atoms with Crippen LogP contribution in [0.4, 0.5) is 0 Å². The van der Waals surface area contributed by atoms with Crippen molar-refractivity contribution >= 4 is 21.2 Å². The summed E-state index contributed by atoms with van der Waals surface area (Å²) >= 11 is 1.60. The Morgan fingerprint density at radius 3 is 2.87 bits per heavy atom. The van der Waals surface area contributed by atoms with Crippen LogP contribution < -0.4 is 5.32 Å². The molecule has 0 saturated carbocycles. The van der Waals surface area contributed by atoms with Crippen molar-refractivity contribution < 1.29 is 8.42 Å². The summed E-state index contributed by atoms with van der Waals surface area (Å²) in [5.41, 5.74) is 1.80. The van der Waals surface area contributed by atoms with E-state index in [1.807, 2.05) is 13.1 Å². The molecule has 0 aliphatic heterocycles. The molecule has 6 heteroatoms. The molecule has 0 aliphatic carbocycles. The number of hydrogen-bond donors (Lipinski definition) is 1. The summed E-state index contributed by atoms with van der Waals surface area (Å²) in [7, 11) is -2.83. The Kier molecular flexibility index (Phi) is 4.69. The number of hydrogen-bond acceptors (Lipinski definition) is 5. The van der Waals surface area contributed by atoms with Crippen LogP contribution in [0.2, 0.25) is 0 Å². The lowest BCUT2D eigenvalue weighted by molar-refractivity contribution is 0.567. The predicted molar refractivity (Wildman–Crippen MR) is 62.9 cm³/mol. The average Bonchev–Trinajstić information content (AvgIpc) is 2.63. The summed E-state index contributed by atoms with van der Waals surface area (Å²) in [4.78, 5) is 5.17. The molecule has 0 spiro atoms. The average molecular weight is 248 g/mol. The normalized spacial score (nSPS) is 14.0. The fourth-order valence-corrected chi connectivity index (χ4v) is 2.51. The molecule has 1 aromatic rings. The Hall–Kier alpha value is -0.460. The Balaban J connectivity index is 2.21. The van der Waals surface area contributed by atoms with Gasteiger partial charge in [-0.25, -0.2) is 8.42 Å². The van der Waals surface area contributed by atoms with E-state index in [0.717, 1.165) is 0 Å². The first-order valence-corrected chi connectivity index (χ1v) is 7.72. The Morgan fingerprint density at radius 1 is 1.60 bits per heavy atom. The largest absolute Gasteiger partial charge is 0.309 e. The first-order chi connectivity index (χ1) is 6.99. The van der Waals surface area contributed by atoms with Crippen LogP contribution in [0.25, 0.3) is 0 Å². The zero-order valence-electron chi connectivity index (χ0n) is 8.93. The van der Waals surface area contributed by atoms with Gasteiger partial charge in [0.1, 0.15) is 9.84 Å². The second-order valence-corrected chi connectivity index (χ2v) is 6.74. The van der Waals surface area contributed by atoms with Gasteiger partial charge < -0.3 is 5.32 Å². The lowest BCUT2D eigenvalue weighted by Crippen LogP contribution is -2.21. The van der Waals surface area contributed by atoms with Crippen LogP contribution in [0.15, 0.2) is 11.7 Å². The molecule has 4 nitrogen and oxygen atoms in total. The van der Waals surface area contributed by atoms with Gasteiger partial charge in [0.05, 0.1) is 11.3 Å². The second-order valence-electron chi connectivity index (χ2n) is 3.56. The predicted octanol–water partition coefficient (Wildman–Crippen LogP) is 1.23. The standard InChI is InChI=1S/C9H16N2O2S2/c1-8(9-6-10-7-14-9)11-4-3-5-15(2,12)13/h6-8,11H,3-5H2,1-2H3. The van der Waals surface area contributed by atoms with Gasteiger partial charge in [-0.15, -0.1) is 11.3 Å². The maximum atomic E-state index is 10.9. The van der Waals surface area contributed by atoms with E-state index in [1.54, 1.807) is 16.8 Å². The van der Waals surface area contributed by atoms with Gasteiger partial charge >= 0.3 is 0 Å². The van der Waals surface area contributed by atoms with Gasteiger partial charge in [-0.3, -0.25) is 4.98 Å². The number of aromatic nitrogens is 1. The van der Waals surface area contributed by atoms with Crippen LogP contribution in [0.5, 0.6) is 0 Å². The molecular formula is C9H16N2O2S2. The van der Waals surface area contributed by atoms with Crippen LogP contribution in [0.1, 0.15) is 24.3 Å². The van der Waals surface area contributed by atoms with Crippen molar-refractivity contribution in [2.75, 3.05) is 18.6 Å². The molecule has 15 heavy (non-hydrogen) atoms. The number of nitrogens with one attached hydrogen (secondary N) is 1. The van der Waals surface area contributed by atoms with Crippen molar-refractivity contribution in [3.8, 4) is 0 Å². The molecule has 0 amide bonds. The highest BCUT2D eigenvalue weighted by molar-refractivity contribution is 7.90. The highest BCUT2D eigenvalue weighted by atomic mass is 32.2. The van der Waals surface area contributed by atoms with Gasteiger partial charge in [-0.1, -0.05) is 0 Å². The first kappa shape index (κ1) is 12.6. The quantitative estimate of drug-likeness (QED) is 0.769. The molecule has 1 rings (SSSR count). The second kappa shape index (κ2) is 5.58. The molecule has 0 radical (unpaired) electrons. The van der Waals surface area contributed by atoms with E-state index in [0.29, 0.717) is 13.0 Å². The zero-order chi connectivity index (χ0) is 11.3. The summed E-state index contributed by atoms with van der Waals surface area (Å²) in [5.74, 6) is 0.245. The molecule has 1 heterocycles. The Labute approximate surface area is 94.7 Å². The summed E-state index contributed by atoms with van der Waals surface area (Å²) < 4.78 is 21.7. The molecule has 1 aromatic heterocycles. The van der Waals surface area contributed by atoms with Gasteiger partial charge in [0.25, 0.3) is 0 Å². The third kappa shape index (κ3) is 5.25. The SMILES string of the molecule is CC(NCCCS(C)(=O)=O)c1cncs1. The van der Waals surface area contributed by atoms with Crippen molar-refractivity contribution in [3.05, 3.63) is 16.6 Å². The van der Waals surface area contributed by atoms with E-state index in [1.165, 1.54) is 11.1 Å². The van der Waals surface area contributed by atoms with E-state index < -0.39 is 9.84 Å². The molecule has 86 valence electrons. The summed E-state index contributed by atoms with van der Waals surface area (Å²) in [6.45, 7) is 2.76. The Morgan fingerprint density at radius 2 is 2.33 bits per heavy atom. The third-order valence-corrected chi connectivity index (χ3v) is 4.01. The summed E-state index contributed by atoms with van der Waals surface area (Å²) in [6.07, 6.45) is 3.75. The number of sulfone groups is 1. The molecule has 1 unspecified atom stereocenters. The Bertz CT molecular complexity index is 373. The van der Waals surface area contributed by atoms with Crippen molar-refractivity contribution in [2.45, 2.75) is 19.4 Å². The van der Waals surface area contributed by atoms with Gasteiger partial charge in [-0.2, -0.15) is 0 Å². The number of nitrogens with zero attached hydrogens (tertiary/aromatic N) is 1. The van der Waals surface area contributed by atoms with Crippen LogP contribution >= 0.6 is 11.3 Å². The topological polar surface area (TPSA) is 59.1 Å². The lowest BCUT2D eigenvalue weighted by Gasteiger charge is -2.10. The molecular weight excluding hydrogens is 232 g/mol. The third-order valence-electron chi connectivity index (χ3n) is 2.02. The van der Waals surface area contributed by atoms with E-state index in [-0.39, 0.29) is 11.8 Å². The highest BCUT2D eigenvalue weighted by Crippen LogP contribution is 2.15. The minimum Gasteiger partial charge on any atom is -0.309 e. The van der Waals surface area contributed by atoms with Crippen molar-refractivity contribution in [1.82, 2.24) is 10.3 Å². The number of rotatable bonds is 6. The van der Waals surface area contributed by atoms with Gasteiger partial charge in [0.15, 0.2) is 0 Å². The maximum Gasteiger partial charge on any atom is 0.147 e. The van der Waals surface area contributed by atoms with Gasteiger partial charge in [-0.05, 0) is 19.9 Å². The molecule has 0 fully saturated rings. The monoisotopic (exact) mass is 248 g/mol. The van der Waals surface area contributed by atoms with E-state index >= 15 is 0 Å². The fraction of sp³-hybridized carbons (Fsp3) is 0.667. The van der Waals surface area contributed by atoms with Gasteiger partial charge in [0.2, 0.25) is 0 Å². The van der Waals surface area contributed by atoms with E-state index in [4.69, 9.17) is 0 Å². The van der Waals surface area contributed by atoms with Crippen molar-refractivity contribution in [2.24, 2.45) is 0 Å². The number of thiazole rings is 1. The van der Waals surface area contributed by atoms with Crippen LogP contribution in [-0.2, 0) is 9.84 Å². The minimum absolute atomic E-state index is 0.245. The lowest BCUT2D eigenvalue weighted by atomic mass is 10.3. The fourth-order valence-electron chi connectivity index (χ4n) is 1.19.